The lowest BCUT2D eigenvalue weighted by Gasteiger charge is -2.28. The van der Waals surface area contributed by atoms with Crippen LogP contribution in [0.3, 0.4) is 0 Å². The number of nitrogens with zero attached hydrogens (tertiary/aromatic N) is 1. The van der Waals surface area contributed by atoms with Gasteiger partial charge in [0.25, 0.3) is 0 Å². The summed E-state index contributed by atoms with van der Waals surface area (Å²) < 4.78 is 51.4. The number of hydrogen-bond donors (Lipinski definition) is 0. The van der Waals surface area contributed by atoms with Crippen molar-refractivity contribution in [1.29, 1.82) is 0 Å². The molecule has 0 spiro atoms. The highest BCUT2D eigenvalue weighted by Gasteiger charge is 2.39. The normalized spacial score (nSPS) is 21.0. The molecule has 0 saturated carbocycles. The van der Waals surface area contributed by atoms with E-state index in [9.17, 15) is 16.8 Å². The van der Waals surface area contributed by atoms with E-state index in [0.717, 1.165) is 5.56 Å². The van der Waals surface area contributed by atoms with Crippen molar-refractivity contribution in [1.82, 2.24) is 4.31 Å². The number of sulfone groups is 1. The van der Waals surface area contributed by atoms with Gasteiger partial charge in [0.15, 0.2) is 9.84 Å². The summed E-state index contributed by atoms with van der Waals surface area (Å²) in [5.41, 5.74) is 2.44. The van der Waals surface area contributed by atoms with E-state index in [1.807, 2.05) is 26.0 Å². The molecule has 7 heteroatoms. The van der Waals surface area contributed by atoms with Crippen LogP contribution in [0.5, 0.6) is 0 Å². The highest BCUT2D eigenvalue weighted by atomic mass is 32.2. The molecule has 1 atom stereocenters. The molecule has 0 aliphatic carbocycles. The molecular formula is C16H25NO4S2. The average molecular weight is 360 g/mol. The Morgan fingerprint density at radius 2 is 1.74 bits per heavy atom. The fourth-order valence-electron chi connectivity index (χ4n) is 3.41. The zero-order chi connectivity index (χ0) is 17.4. The van der Waals surface area contributed by atoms with Crippen LogP contribution in [0.2, 0.25) is 0 Å². The molecule has 23 heavy (non-hydrogen) atoms. The molecular weight excluding hydrogens is 334 g/mol. The summed E-state index contributed by atoms with van der Waals surface area (Å²) in [5.74, 6) is -0.00451. The van der Waals surface area contributed by atoms with Gasteiger partial charge in [-0.05, 0) is 44.7 Å². The van der Waals surface area contributed by atoms with Gasteiger partial charge < -0.3 is 0 Å². The van der Waals surface area contributed by atoms with Gasteiger partial charge in [0.1, 0.15) is 0 Å². The van der Waals surface area contributed by atoms with E-state index in [4.69, 9.17) is 0 Å². The van der Waals surface area contributed by atoms with Crippen molar-refractivity contribution in [3.05, 3.63) is 28.8 Å². The van der Waals surface area contributed by atoms with Gasteiger partial charge in [0.05, 0.1) is 16.4 Å². The van der Waals surface area contributed by atoms with E-state index in [1.54, 1.807) is 13.8 Å². The summed E-state index contributed by atoms with van der Waals surface area (Å²) in [5, 5.41) is 0. The van der Waals surface area contributed by atoms with Crippen molar-refractivity contribution >= 4 is 19.9 Å². The van der Waals surface area contributed by atoms with Crippen LogP contribution in [-0.4, -0.2) is 45.2 Å². The standard InChI is InChI=1S/C16H25NO4S2/c1-5-7-17(15-6-8-22(18,19)11-15)23(20,21)16-13(3)9-12(2)10-14(16)4/h9-10,15H,5-8,11H2,1-4H3/t15-/m0/s1. The maximum Gasteiger partial charge on any atom is 0.243 e. The van der Waals surface area contributed by atoms with Crippen molar-refractivity contribution in [2.45, 2.75) is 51.5 Å². The molecule has 0 N–H and O–H groups in total. The SMILES string of the molecule is CCCN([C@H]1CCS(=O)(=O)C1)S(=O)(=O)c1c(C)cc(C)cc1C. The Bertz CT molecular complexity index is 774. The van der Waals surface area contributed by atoms with Gasteiger partial charge in [-0.3, -0.25) is 0 Å². The summed E-state index contributed by atoms with van der Waals surface area (Å²) >= 11 is 0. The summed E-state index contributed by atoms with van der Waals surface area (Å²) in [6.07, 6.45) is 1.03. The molecule has 1 aliphatic rings. The molecule has 1 fully saturated rings. The molecule has 130 valence electrons. The number of rotatable bonds is 5. The molecule has 0 bridgehead atoms. The Hall–Kier alpha value is -0.920. The van der Waals surface area contributed by atoms with Crippen molar-refractivity contribution in [3.63, 3.8) is 0 Å². The van der Waals surface area contributed by atoms with Gasteiger partial charge in [-0.15, -0.1) is 0 Å². The van der Waals surface area contributed by atoms with E-state index >= 15 is 0 Å². The molecule has 1 heterocycles. The van der Waals surface area contributed by atoms with Crippen molar-refractivity contribution in [3.8, 4) is 0 Å². The molecule has 1 aliphatic heterocycles. The van der Waals surface area contributed by atoms with Gasteiger partial charge in [-0.2, -0.15) is 4.31 Å². The lowest BCUT2D eigenvalue weighted by atomic mass is 10.1. The van der Waals surface area contributed by atoms with Crippen LogP contribution in [0, 0.1) is 20.8 Å². The fraction of sp³-hybridized carbons (Fsp3) is 0.625. The predicted molar refractivity (Wildman–Crippen MR) is 91.9 cm³/mol. The molecule has 1 aromatic carbocycles. The maximum atomic E-state index is 13.2. The number of aryl methyl sites for hydroxylation is 3. The second-order valence-corrected chi connectivity index (χ2v) is 10.5. The molecule has 2 rings (SSSR count). The molecule has 0 radical (unpaired) electrons. The highest BCUT2D eigenvalue weighted by Crippen LogP contribution is 2.29. The van der Waals surface area contributed by atoms with Crippen LogP contribution < -0.4 is 0 Å². The van der Waals surface area contributed by atoms with Crippen molar-refractivity contribution in [2.24, 2.45) is 0 Å². The van der Waals surface area contributed by atoms with Gasteiger partial charge in [0.2, 0.25) is 10.0 Å². The lowest BCUT2D eigenvalue weighted by molar-refractivity contribution is 0.340. The van der Waals surface area contributed by atoms with Crippen LogP contribution in [0.25, 0.3) is 0 Å². The Kier molecular flexibility index (Phi) is 5.23. The van der Waals surface area contributed by atoms with E-state index in [1.165, 1.54) is 4.31 Å². The van der Waals surface area contributed by atoms with Gasteiger partial charge >= 0.3 is 0 Å². The molecule has 0 aromatic heterocycles. The highest BCUT2D eigenvalue weighted by molar-refractivity contribution is 7.92. The number of sulfonamides is 1. The summed E-state index contributed by atoms with van der Waals surface area (Å²) in [7, 11) is -6.84. The first kappa shape index (κ1) is 18.4. The Morgan fingerprint density at radius 1 is 1.17 bits per heavy atom. The van der Waals surface area contributed by atoms with E-state index in [2.05, 4.69) is 0 Å². The number of hydrogen-bond acceptors (Lipinski definition) is 4. The first-order valence-electron chi connectivity index (χ1n) is 7.88. The Labute approximate surface area is 139 Å². The van der Waals surface area contributed by atoms with E-state index < -0.39 is 25.9 Å². The van der Waals surface area contributed by atoms with Crippen LogP contribution in [0.1, 0.15) is 36.5 Å². The molecule has 1 saturated heterocycles. The molecule has 0 unspecified atom stereocenters. The quantitative estimate of drug-likeness (QED) is 0.808. The minimum atomic E-state index is -3.71. The maximum absolute atomic E-state index is 13.2. The van der Waals surface area contributed by atoms with Crippen LogP contribution in [-0.2, 0) is 19.9 Å². The number of benzene rings is 1. The van der Waals surface area contributed by atoms with Gasteiger partial charge in [-0.25, -0.2) is 16.8 Å². The fourth-order valence-corrected chi connectivity index (χ4v) is 7.40. The zero-order valence-corrected chi connectivity index (χ0v) is 15.8. The van der Waals surface area contributed by atoms with Crippen molar-refractivity contribution in [2.75, 3.05) is 18.1 Å². The van der Waals surface area contributed by atoms with Crippen LogP contribution in [0.15, 0.2) is 17.0 Å². The molecule has 0 amide bonds. The lowest BCUT2D eigenvalue weighted by Crippen LogP contribution is -2.42. The summed E-state index contributed by atoms with van der Waals surface area (Å²) in [4.78, 5) is 0.320. The monoisotopic (exact) mass is 359 g/mol. The topological polar surface area (TPSA) is 71.5 Å². The minimum Gasteiger partial charge on any atom is -0.229 e. The Balaban J connectivity index is 2.50. The smallest absolute Gasteiger partial charge is 0.229 e. The van der Waals surface area contributed by atoms with E-state index in [-0.39, 0.29) is 11.5 Å². The second-order valence-electron chi connectivity index (χ2n) is 6.40. The predicted octanol–water partition coefficient (Wildman–Crippen LogP) is 2.20. The van der Waals surface area contributed by atoms with Crippen LogP contribution >= 0.6 is 0 Å². The van der Waals surface area contributed by atoms with Crippen molar-refractivity contribution < 1.29 is 16.8 Å². The largest absolute Gasteiger partial charge is 0.243 e. The zero-order valence-electron chi connectivity index (χ0n) is 14.2. The second kappa shape index (κ2) is 6.53. The molecule has 5 nitrogen and oxygen atoms in total. The third kappa shape index (κ3) is 3.78. The first-order chi connectivity index (χ1) is 10.6. The Morgan fingerprint density at radius 3 is 2.17 bits per heavy atom. The third-order valence-electron chi connectivity index (χ3n) is 4.23. The molecule has 1 aromatic rings. The first-order valence-corrected chi connectivity index (χ1v) is 11.1. The summed E-state index contributed by atoms with van der Waals surface area (Å²) in [6.45, 7) is 7.77. The third-order valence-corrected chi connectivity index (χ3v) is 8.24. The van der Waals surface area contributed by atoms with Crippen LogP contribution in [0.4, 0.5) is 0 Å². The van der Waals surface area contributed by atoms with Gasteiger partial charge in [-0.1, -0.05) is 24.6 Å². The van der Waals surface area contributed by atoms with Gasteiger partial charge in [0, 0.05) is 12.6 Å². The summed E-state index contributed by atoms with van der Waals surface area (Å²) in [6, 6.07) is 3.26. The van der Waals surface area contributed by atoms with E-state index in [0.29, 0.717) is 35.4 Å². The minimum absolute atomic E-state index is 0.0687. The average Bonchev–Trinajstić information content (AvgIpc) is 2.74.